The smallest absolute Gasteiger partial charge is 0.237 e. The molecule has 1 aromatic rings. The Labute approximate surface area is 157 Å². The van der Waals surface area contributed by atoms with E-state index < -0.39 is 0 Å². The SMILES string of the molecule is Cc1cccc(CSN2N=CSC2C(C(N)=O)N2CCN(C)CC2)c1. The van der Waals surface area contributed by atoms with E-state index in [0.29, 0.717) is 0 Å². The summed E-state index contributed by atoms with van der Waals surface area (Å²) >= 11 is 3.21. The van der Waals surface area contributed by atoms with Gasteiger partial charge in [0.15, 0.2) is 0 Å². The molecule has 0 spiro atoms. The van der Waals surface area contributed by atoms with Crippen LogP contribution in [0.3, 0.4) is 0 Å². The average molecular weight is 380 g/mol. The van der Waals surface area contributed by atoms with Gasteiger partial charge in [-0.3, -0.25) is 9.69 Å². The van der Waals surface area contributed by atoms with Crippen LogP contribution in [0.1, 0.15) is 11.1 Å². The van der Waals surface area contributed by atoms with E-state index in [2.05, 4.69) is 53.1 Å². The third-order valence-electron chi connectivity index (χ3n) is 4.52. The Bertz CT molecular complexity index is 633. The molecule has 136 valence electrons. The maximum atomic E-state index is 12.2. The van der Waals surface area contributed by atoms with Gasteiger partial charge in [0, 0.05) is 31.9 Å². The summed E-state index contributed by atoms with van der Waals surface area (Å²) in [5.74, 6) is 0.554. The van der Waals surface area contributed by atoms with Crippen LogP contribution >= 0.6 is 23.7 Å². The molecular weight excluding hydrogens is 354 g/mol. The minimum atomic E-state index is -0.328. The number of nitrogens with zero attached hydrogens (tertiary/aromatic N) is 4. The Morgan fingerprint density at radius 1 is 1.40 bits per heavy atom. The number of carbonyl (C=O) groups is 1. The van der Waals surface area contributed by atoms with Crippen LogP contribution in [-0.2, 0) is 10.5 Å². The molecule has 2 N–H and O–H groups in total. The van der Waals surface area contributed by atoms with Crippen LogP contribution < -0.4 is 5.73 Å². The van der Waals surface area contributed by atoms with E-state index in [1.807, 2.05) is 9.96 Å². The van der Waals surface area contributed by atoms with Crippen molar-refractivity contribution >= 4 is 35.2 Å². The molecule has 0 radical (unpaired) electrons. The Hall–Kier alpha value is -1.22. The maximum Gasteiger partial charge on any atom is 0.237 e. The summed E-state index contributed by atoms with van der Waals surface area (Å²) in [5.41, 5.74) is 10.1. The van der Waals surface area contributed by atoms with Crippen molar-refractivity contribution < 1.29 is 4.79 Å². The number of thioether (sulfide) groups is 1. The van der Waals surface area contributed by atoms with Crippen LogP contribution in [0.25, 0.3) is 0 Å². The molecule has 2 aliphatic rings. The zero-order chi connectivity index (χ0) is 17.8. The number of primary amides is 1. The second-order valence-electron chi connectivity index (χ2n) is 6.50. The van der Waals surface area contributed by atoms with Crippen molar-refractivity contribution in [2.45, 2.75) is 24.1 Å². The fourth-order valence-corrected chi connectivity index (χ4v) is 5.22. The van der Waals surface area contributed by atoms with Gasteiger partial charge in [-0.15, -0.1) is 0 Å². The van der Waals surface area contributed by atoms with Crippen molar-refractivity contribution in [3.63, 3.8) is 0 Å². The van der Waals surface area contributed by atoms with Gasteiger partial charge in [0.25, 0.3) is 0 Å². The van der Waals surface area contributed by atoms with Gasteiger partial charge in [-0.25, -0.2) is 4.41 Å². The summed E-state index contributed by atoms with van der Waals surface area (Å²) in [6.07, 6.45) is 0. The monoisotopic (exact) mass is 379 g/mol. The normalized spacial score (nSPS) is 23.1. The number of amides is 1. The highest BCUT2D eigenvalue weighted by atomic mass is 32.2. The second-order valence-corrected chi connectivity index (χ2v) is 8.39. The van der Waals surface area contributed by atoms with Gasteiger partial charge in [-0.05, 0) is 31.5 Å². The Kier molecular flexibility index (Phi) is 6.27. The number of hydrogen-bond acceptors (Lipinski definition) is 7. The Morgan fingerprint density at radius 2 is 2.16 bits per heavy atom. The number of aryl methyl sites for hydroxylation is 1. The first-order chi connectivity index (χ1) is 12.0. The average Bonchev–Trinajstić information content (AvgIpc) is 3.03. The largest absolute Gasteiger partial charge is 0.368 e. The lowest BCUT2D eigenvalue weighted by atomic mass is 10.2. The molecule has 1 fully saturated rings. The molecule has 0 bridgehead atoms. The molecule has 25 heavy (non-hydrogen) atoms. The first kappa shape index (κ1) is 18.6. The van der Waals surface area contributed by atoms with E-state index in [9.17, 15) is 4.79 Å². The summed E-state index contributed by atoms with van der Waals surface area (Å²) in [6.45, 7) is 5.73. The van der Waals surface area contributed by atoms with Crippen molar-refractivity contribution in [2.75, 3.05) is 33.2 Å². The summed E-state index contributed by atoms with van der Waals surface area (Å²) in [5, 5.41) is 4.38. The molecule has 0 aromatic heterocycles. The summed E-state index contributed by atoms with van der Waals surface area (Å²) in [7, 11) is 2.11. The van der Waals surface area contributed by atoms with Crippen molar-refractivity contribution in [3.8, 4) is 0 Å². The lowest BCUT2D eigenvalue weighted by molar-refractivity contribution is -0.124. The van der Waals surface area contributed by atoms with E-state index in [-0.39, 0.29) is 17.3 Å². The molecule has 2 atom stereocenters. The zero-order valence-corrected chi connectivity index (χ0v) is 16.3. The van der Waals surface area contributed by atoms with Crippen LogP contribution in [0.5, 0.6) is 0 Å². The highest BCUT2D eigenvalue weighted by Crippen LogP contribution is 2.34. The van der Waals surface area contributed by atoms with Crippen molar-refractivity contribution in [2.24, 2.45) is 10.8 Å². The summed E-state index contributed by atoms with van der Waals surface area (Å²) in [6, 6.07) is 8.14. The number of rotatable bonds is 6. The van der Waals surface area contributed by atoms with Gasteiger partial charge in [0.2, 0.25) is 5.91 Å². The molecule has 1 saturated heterocycles. The van der Waals surface area contributed by atoms with Crippen LogP contribution in [0, 0.1) is 6.92 Å². The van der Waals surface area contributed by atoms with Gasteiger partial charge < -0.3 is 10.6 Å². The lowest BCUT2D eigenvalue weighted by Crippen LogP contribution is -2.58. The van der Waals surface area contributed by atoms with Crippen molar-refractivity contribution in [1.29, 1.82) is 0 Å². The lowest BCUT2D eigenvalue weighted by Gasteiger charge is -2.39. The summed E-state index contributed by atoms with van der Waals surface area (Å²) < 4.78 is 1.95. The summed E-state index contributed by atoms with van der Waals surface area (Å²) in [4.78, 5) is 16.7. The minimum absolute atomic E-state index is 0.0734. The van der Waals surface area contributed by atoms with Gasteiger partial charge in [-0.1, -0.05) is 41.6 Å². The van der Waals surface area contributed by atoms with E-state index in [1.165, 1.54) is 11.1 Å². The number of piperazine rings is 1. The predicted molar refractivity (Wildman–Crippen MR) is 106 cm³/mol. The topological polar surface area (TPSA) is 65.2 Å². The number of carbonyl (C=O) groups excluding carboxylic acids is 1. The van der Waals surface area contributed by atoms with Gasteiger partial charge in [0.1, 0.15) is 11.4 Å². The standard InChI is InChI=1S/C17H25N5OS2/c1-13-4-3-5-14(10-13)11-25-22-17(24-12-19-22)15(16(18)23)21-8-6-20(2)7-9-21/h3-5,10,12,15,17H,6-9,11H2,1-2H3,(H2,18,23). The first-order valence-corrected chi connectivity index (χ1v) is 10.3. The van der Waals surface area contributed by atoms with Gasteiger partial charge in [0.05, 0.1) is 5.55 Å². The molecule has 1 amide bonds. The van der Waals surface area contributed by atoms with E-state index in [4.69, 9.17) is 5.73 Å². The fraction of sp³-hybridized carbons (Fsp3) is 0.529. The second kappa shape index (κ2) is 8.44. The minimum Gasteiger partial charge on any atom is -0.368 e. The van der Waals surface area contributed by atoms with Crippen LogP contribution in [-0.4, -0.2) is 70.3 Å². The zero-order valence-electron chi connectivity index (χ0n) is 14.7. The molecule has 2 heterocycles. The van der Waals surface area contributed by atoms with Crippen LogP contribution in [0.4, 0.5) is 0 Å². The quantitative estimate of drug-likeness (QED) is 0.757. The third kappa shape index (κ3) is 4.69. The molecule has 3 rings (SSSR count). The Morgan fingerprint density at radius 3 is 2.84 bits per heavy atom. The first-order valence-electron chi connectivity index (χ1n) is 8.42. The third-order valence-corrected chi connectivity index (χ3v) is 6.65. The molecule has 2 unspecified atom stereocenters. The molecule has 1 aromatic carbocycles. The van der Waals surface area contributed by atoms with Gasteiger partial charge in [-0.2, -0.15) is 5.10 Å². The van der Waals surface area contributed by atoms with E-state index >= 15 is 0 Å². The van der Waals surface area contributed by atoms with Crippen LogP contribution in [0.2, 0.25) is 0 Å². The molecule has 6 nitrogen and oxygen atoms in total. The molecule has 2 aliphatic heterocycles. The number of hydrazone groups is 1. The fourth-order valence-electron chi connectivity index (χ4n) is 3.10. The van der Waals surface area contributed by atoms with Gasteiger partial charge >= 0.3 is 0 Å². The number of likely N-dealkylation sites (N-methyl/N-ethyl adjacent to an activating group) is 1. The molecule has 0 saturated carbocycles. The number of benzene rings is 1. The highest BCUT2D eigenvalue weighted by Gasteiger charge is 2.39. The van der Waals surface area contributed by atoms with Crippen molar-refractivity contribution in [3.05, 3.63) is 35.4 Å². The number of hydrogen-bond donors (Lipinski definition) is 1. The molecule has 0 aliphatic carbocycles. The molecular formula is C17H25N5OS2. The van der Waals surface area contributed by atoms with Crippen molar-refractivity contribution in [1.82, 2.24) is 14.2 Å². The van der Waals surface area contributed by atoms with Crippen LogP contribution in [0.15, 0.2) is 29.4 Å². The maximum absolute atomic E-state index is 12.2. The molecule has 8 heteroatoms. The number of nitrogens with two attached hydrogens (primary N) is 1. The predicted octanol–water partition coefficient (Wildman–Crippen LogP) is 1.56. The highest BCUT2D eigenvalue weighted by molar-refractivity contribution is 8.13. The van der Waals surface area contributed by atoms with E-state index in [0.717, 1.165) is 31.9 Å². The van der Waals surface area contributed by atoms with E-state index in [1.54, 1.807) is 23.7 Å². The Balaban J connectivity index is 1.65.